The minimum atomic E-state index is 0.395. The number of benzene rings is 1. The van der Waals surface area contributed by atoms with Gasteiger partial charge in [-0.3, -0.25) is 4.99 Å². The molecule has 1 unspecified atom stereocenters. The summed E-state index contributed by atoms with van der Waals surface area (Å²) in [5.74, 6) is 1.41. The lowest BCUT2D eigenvalue weighted by Crippen LogP contribution is -2.44. The molecular formula is C15H24ClN3. The molecule has 0 aromatic heterocycles. The van der Waals surface area contributed by atoms with Crippen molar-refractivity contribution in [3.63, 3.8) is 0 Å². The highest BCUT2D eigenvalue weighted by atomic mass is 35.5. The van der Waals surface area contributed by atoms with Gasteiger partial charge in [-0.1, -0.05) is 43.6 Å². The Labute approximate surface area is 121 Å². The van der Waals surface area contributed by atoms with Crippen molar-refractivity contribution in [3.8, 4) is 0 Å². The maximum Gasteiger partial charge on any atom is 0.191 e. The zero-order valence-electron chi connectivity index (χ0n) is 12.2. The molecule has 0 aliphatic carbocycles. The SMILES string of the molecule is CN=C(NCCc1ccccc1Cl)NC(C)C(C)C. The van der Waals surface area contributed by atoms with Gasteiger partial charge >= 0.3 is 0 Å². The van der Waals surface area contributed by atoms with Crippen molar-refractivity contribution >= 4 is 17.6 Å². The standard InChI is InChI=1S/C15H24ClN3/c1-11(2)12(3)19-15(17-4)18-10-9-13-7-5-6-8-14(13)16/h5-8,11-12H,9-10H2,1-4H3,(H2,17,18,19). The summed E-state index contributed by atoms with van der Waals surface area (Å²) in [6.07, 6.45) is 0.885. The fourth-order valence-corrected chi connectivity index (χ4v) is 1.82. The quantitative estimate of drug-likeness (QED) is 0.643. The predicted octanol–water partition coefficient (Wildman–Crippen LogP) is 3.09. The molecule has 1 rings (SSSR count). The van der Waals surface area contributed by atoms with Gasteiger partial charge in [0, 0.05) is 24.7 Å². The van der Waals surface area contributed by atoms with E-state index in [0.717, 1.165) is 29.5 Å². The van der Waals surface area contributed by atoms with Crippen LogP contribution in [0.2, 0.25) is 5.02 Å². The van der Waals surface area contributed by atoms with E-state index in [1.165, 1.54) is 0 Å². The second-order valence-electron chi connectivity index (χ2n) is 5.02. The Kier molecular flexibility index (Phi) is 6.71. The molecule has 106 valence electrons. The summed E-state index contributed by atoms with van der Waals surface area (Å²) in [6.45, 7) is 7.35. The minimum absolute atomic E-state index is 0.395. The van der Waals surface area contributed by atoms with Gasteiger partial charge in [0.2, 0.25) is 0 Å². The largest absolute Gasteiger partial charge is 0.356 e. The van der Waals surface area contributed by atoms with Crippen molar-refractivity contribution in [2.45, 2.75) is 33.2 Å². The summed E-state index contributed by atoms with van der Waals surface area (Å²) in [4.78, 5) is 4.23. The number of halogens is 1. The first-order chi connectivity index (χ1) is 9.04. The van der Waals surface area contributed by atoms with Gasteiger partial charge in [-0.25, -0.2) is 0 Å². The highest BCUT2D eigenvalue weighted by Gasteiger charge is 2.08. The molecule has 1 aromatic carbocycles. The van der Waals surface area contributed by atoms with Crippen molar-refractivity contribution in [1.82, 2.24) is 10.6 Å². The fourth-order valence-electron chi connectivity index (χ4n) is 1.59. The van der Waals surface area contributed by atoms with Crippen molar-refractivity contribution in [2.24, 2.45) is 10.9 Å². The van der Waals surface area contributed by atoms with E-state index in [0.29, 0.717) is 12.0 Å². The normalized spacial score (nSPS) is 13.5. The average Bonchev–Trinajstić information content (AvgIpc) is 2.39. The number of guanidine groups is 1. The molecule has 0 saturated heterocycles. The second kappa shape index (κ2) is 8.05. The van der Waals surface area contributed by atoms with E-state index in [1.807, 2.05) is 18.2 Å². The molecule has 0 spiro atoms. The van der Waals surface area contributed by atoms with Crippen LogP contribution < -0.4 is 10.6 Å². The van der Waals surface area contributed by atoms with Crippen LogP contribution in [-0.2, 0) is 6.42 Å². The summed E-state index contributed by atoms with van der Waals surface area (Å²) in [7, 11) is 1.79. The van der Waals surface area contributed by atoms with Gasteiger partial charge in [0.25, 0.3) is 0 Å². The third-order valence-electron chi connectivity index (χ3n) is 3.23. The first kappa shape index (κ1) is 15.8. The van der Waals surface area contributed by atoms with Crippen LogP contribution in [0.4, 0.5) is 0 Å². The zero-order chi connectivity index (χ0) is 14.3. The van der Waals surface area contributed by atoms with E-state index in [2.05, 4.69) is 42.5 Å². The molecule has 0 aliphatic heterocycles. The molecule has 1 aromatic rings. The molecule has 19 heavy (non-hydrogen) atoms. The van der Waals surface area contributed by atoms with E-state index in [9.17, 15) is 0 Å². The van der Waals surface area contributed by atoms with Gasteiger partial charge in [-0.05, 0) is 30.9 Å². The lowest BCUT2D eigenvalue weighted by Gasteiger charge is -2.20. The molecule has 1 atom stereocenters. The smallest absolute Gasteiger partial charge is 0.191 e. The Morgan fingerprint density at radius 3 is 2.53 bits per heavy atom. The van der Waals surface area contributed by atoms with E-state index in [-0.39, 0.29) is 0 Å². The number of hydrogen-bond acceptors (Lipinski definition) is 1. The monoisotopic (exact) mass is 281 g/mol. The molecule has 0 saturated carbocycles. The van der Waals surface area contributed by atoms with Gasteiger partial charge < -0.3 is 10.6 Å². The van der Waals surface area contributed by atoms with Crippen LogP contribution in [-0.4, -0.2) is 25.6 Å². The first-order valence-electron chi connectivity index (χ1n) is 6.75. The van der Waals surface area contributed by atoms with Crippen molar-refractivity contribution in [1.29, 1.82) is 0 Å². The molecule has 0 bridgehead atoms. The van der Waals surface area contributed by atoms with E-state index < -0.39 is 0 Å². The Morgan fingerprint density at radius 1 is 1.26 bits per heavy atom. The van der Waals surface area contributed by atoms with Crippen molar-refractivity contribution in [2.75, 3.05) is 13.6 Å². The van der Waals surface area contributed by atoms with Gasteiger partial charge in [0.05, 0.1) is 0 Å². The number of aliphatic imine (C=N–C) groups is 1. The number of nitrogens with zero attached hydrogens (tertiary/aromatic N) is 1. The number of hydrogen-bond donors (Lipinski definition) is 2. The summed E-state index contributed by atoms with van der Waals surface area (Å²) in [5, 5.41) is 7.51. The molecular weight excluding hydrogens is 258 g/mol. The topological polar surface area (TPSA) is 36.4 Å². The third-order valence-corrected chi connectivity index (χ3v) is 3.60. The highest BCUT2D eigenvalue weighted by Crippen LogP contribution is 2.14. The zero-order valence-corrected chi connectivity index (χ0v) is 13.0. The van der Waals surface area contributed by atoms with Crippen LogP contribution in [0.5, 0.6) is 0 Å². The molecule has 0 heterocycles. The molecule has 0 radical (unpaired) electrons. The Hall–Kier alpha value is -1.22. The Bertz CT molecular complexity index is 416. The van der Waals surface area contributed by atoms with Gasteiger partial charge in [-0.15, -0.1) is 0 Å². The van der Waals surface area contributed by atoms with Crippen LogP contribution in [0, 0.1) is 5.92 Å². The number of rotatable bonds is 5. The summed E-state index contributed by atoms with van der Waals surface area (Å²) < 4.78 is 0. The highest BCUT2D eigenvalue weighted by molar-refractivity contribution is 6.31. The lowest BCUT2D eigenvalue weighted by molar-refractivity contribution is 0.481. The third kappa shape index (κ3) is 5.52. The second-order valence-corrected chi connectivity index (χ2v) is 5.42. The average molecular weight is 282 g/mol. The van der Waals surface area contributed by atoms with Crippen molar-refractivity contribution < 1.29 is 0 Å². The maximum absolute atomic E-state index is 6.13. The Morgan fingerprint density at radius 2 is 1.95 bits per heavy atom. The van der Waals surface area contributed by atoms with Crippen LogP contribution in [0.25, 0.3) is 0 Å². The molecule has 4 heteroatoms. The predicted molar refractivity (Wildman–Crippen MR) is 84.0 cm³/mol. The van der Waals surface area contributed by atoms with Crippen LogP contribution >= 0.6 is 11.6 Å². The van der Waals surface area contributed by atoms with Gasteiger partial charge in [0.15, 0.2) is 5.96 Å². The van der Waals surface area contributed by atoms with Crippen molar-refractivity contribution in [3.05, 3.63) is 34.9 Å². The molecule has 0 amide bonds. The summed E-state index contributed by atoms with van der Waals surface area (Å²) in [5.41, 5.74) is 1.16. The minimum Gasteiger partial charge on any atom is -0.356 e. The van der Waals surface area contributed by atoms with Crippen LogP contribution in [0.15, 0.2) is 29.3 Å². The molecule has 2 N–H and O–H groups in total. The summed E-state index contributed by atoms with van der Waals surface area (Å²) >= 11 is 6.13. The van der Waals surface area contributed by atoms with E-state index >= 15 is 0 Å². The first-order valence-corrected chi connectivity index (χ1v) is 7.13. The van der Waals surface area contributed by atoms with E-state index in [1.54, 1.807) is 7.05 Å². The molecule has 0 fully saturated rings. The summed E-state index contributed by atoms with van der Waals surface area (Å²) in [6, 6.07) is 8.33. The fraction of sp³-hybridized carbons (Fsp3) is 0.533. The molecule has 0 aliphatic rings. The van der Waals surface area contributed by atoms with Gasteiger partial charge in [0.1, 0.15) is 0 Å². The maximum atomic E-state index is 6.13. The number of nitrogens with one attached hydrogen (secondary N) is 2. The Balaban J connectivity index is 2.41. The lowest BCUT2D eigenvalue weighted by atomic mass is 10.1. The molecule has 3 nitrogen and oxygen atoms in total. The van der Waals surface area contributed by atoms with Gasteiger partial charge in [-0.2, -0.15) is 0 Å². The van der Waals surface area contributed by atoms with Crippen LogP contribution in [0.3, 0.4) is 0 Å². The van der Waals surface area contributed by atoms with Crippen LogP contribution in [0.1, 0.15) is 26.3 Å². The van der Waals surface area contributed by atoms with E-state index in [4.69, 9.17) is 11.6 Å².